The first-order chi connectivity index (χ1) is 12.7. The summed E-state index contributed by atoms with van der Waals surface area (Å²) in [6, 6.07) is 3.87. The van der Waals surface area contributed by atoms with Crippen LogP contribution in [0.3, 0.4) is 0 Å². The number of hydrogen-bond acceptors (Lipinski definition) is 7. The van der Waals surface area contributed by atoms with E-state index in [1.165, 1.54) is 12.1 Å². The minimum atomic E-state index is -3.97. The standard InChI is InChI=1S/C16H24N2O7S2/c1-3-24-10-5-9-17-27(22,23)15-12-13(6-7-14(15)25-4-2)18-16(19)8-11-26(18,20)21/h6-7,12,17H,3-5,8-11H2,1-2H3. The fraction of sp³-hybridized carbons (Fsp3) is 0.562. The number of carbonyl (C=O) groups excluding carboxylic acids is 1. The molecule has 1 amide bonds. The molecule has 2 rings (SSSR count). The zero-order chi connectivity index (χ0) is 20.1. The molecule has 0 bridgehead atoms. The molecule has 0 aromatic heterocycles. The normalized spacial score (nSPS) is 16.7. The molecular formula is C16H24N2O7S2. The molecule has 0 saturated carbocycles. The van der Waals surface area contributed by atoms with E-state index in [1.54, 1.807) is 6.92 Å². The zero-order valence-corrected chi connectivity index (χ0v) is 16.9. The molecule has 1 N–H and O–H groups in total. The van der Waals surface area contributed by atoms with Gasteiger partial charge in [-0.25, -0.2) is 25.9 Å². The summed E-state index contributed by atoms with van der Waals surface area (Å²) >= 11 is 0. The Morgan fingerprint density at radius 2 is 1.96 bits per heavy atom. The number of nitrogens with zero attached hydrogens (tertiary/aromatic N) is 1. The maximum Gasteiger partial charge on any atom is 0.244 e. The first-order valence-electron chi connectivity index (χ1n) is 8.63. The smallest absolute Gasteiger partial charge is 0.244 e. The Morgan fingerprint density at radius 1 is 1.22 bits per heavy atom. The average Bonchev–Trinajstić information content (AvgIpc) is 2.88. The van der Waals surface area contributed by atoms with Gasteiger partial charge >= 0.3 is 0 Å². The molecule has 1 saturated heterocycles. The van der Waals surface area contributed by atoms with Gasteiger partial charge in [0.05, 0.1) is 18.0 Å². The van der Waals surface area contributed by atoms with Gasteiger partial charge < -0.3 is 9.47 Å². The maximum atomic E-state index is 12.7. The summed E-state index contributed by atoms with van der Waals surface area (Å²) < 4.78 is 63.2. The van der Waals surface area contributed by atoms with E-state index in [-0.39, 0.29) is 41.7 Å². The molecule has 152 valence electrons. The Kier molecular flexibility index (Phi) is 7.20. The fourth-order valence-electron chi connectivity index (χ4n) is 2.58. The molecule has 27 heavy (non-hydrogen) atoms. The highest BCUT2D eigenvalue weighted by molar-refractivity contribution is 7.94. The van der Waals surface area contributed by atoms with E-state index in [0.29, 0.717) is 23.9 Å². The number of amides is 1. The van der Waals surface area contributed by atoms with Crippen molar-refractivity contribution in [3.8, 4) is 5.75 Å². The van der Waals surface area contributed by atoms with Crippen LogP contribution in [0, 0.1) is 0 Å². The van der Waals surface area contributed by atoms with Crippen molar-refractivity contribution in [2.75, 3.05) is 36.4 Å². The van der Waals surface area contributed by atoms with Crippen LogP contribution in [0.15, 0.2) is 23.1 Å². The number of ether oxygens (including phenoxy) is 2. The Hall–Kier alpha value is -1.69. The lowest BCUT2D eigenvalue weighted by atomic mass is 10.3. The number of sulfonamides is 2. The minimum Gasteiger partial charge on any atom is -0.492 e. The summed E-state index contributed by atoms with van der Waals surface area (Å²) in [6.45, 7) is 4.89. The predicted octanol–water partition coefficient (Wildman–Crippen LogP) is 0.857. The molecule has 0 unspecified atom stereocenters. The highest BCUT2D eigenvalue weighted by atomic mass is 32.2. The quantitative estimate of drug-likeness (QED) is 0.558. The van der Waals surface area contributed by atoms with Crippen molar-refractivity contribution in [3.05, 3.63) is 18.2 Å². The first-order valence-corrected chi connectivity index (χ1v) is 11.7. The summed E-state index contributed by atoms with van der Waals surface area (Å²) in [7, 11) is -7.76. The van der Waals surface area contributed by atoms with Crippen LogP contribution in [-0.4, -0.2) is 54.9 Å². The number of carbonyl (C=O) groups is 1. The van der Waals surface area contributed by atoms with E-state index >= 15 is 0 Å². The molecule has 0 aliphatic carbocycles. The van der Waals surface area contributed by atoms with Gasteiger partial charge in [-0.1, -0.05) is 0 Å². The minimum absolute atomic E-state index is 0.0179. The van der Waals surface area contributed by atoms with Crippen molar-refractivity contribution in [1.29, 1.82) is 0 Å². The van der Waals surface area contributed by atoms with E-state index in [0.717, 1.165) is 6.07 Å². The molecule has 9 nitrogen and oxygen atoms in total. The van der Waals surface area contributed by atoms with Crippen molar-refractivity contribution >= 4 is 31.6 Å². The van der Waals surface area contributed by atoms with Crippen LogP contribution < -0.4 is 13.8 Å². The van der Waals surface area contributed by atoms with Crippen LogP contribution in [0.4, 0.5) is 5.69 Å². The van der Waals surface area contributed by atoms with Gasteiger partial charge in [-0.05, 0) is 38.5 Å². The number of benzene rings is 1. The highest BCUT2D eigenvalue weighted by Gasteiger charge is 2.37. The molecule has 1 heterocycles. The molecule has 0 atom stereocenters. The zero-order valence-electron chi connectivity index (χ0n) is 15.3. The summed E-state index contributed by atoms with van der Waals surface area (Å²) in [6.07, 6.45) is 0.350. The number of anilines is 1. The first kappa shape index (κ1) is 21.6. The number of rotatable bonds is 10. The number of hydrogen-bond donors (Lipinski definition) is 1. The van der Waals surface area contributed by atoms with Crippen molar-refractivity contribution in [2.45, 2.75) is 31.6 Å². The predicted molar refractivity (Wildman–Crippen MR) is 99.8 cm³/mol. The van der Waals surface area contributed by atoms with Gasteiger partial charge in [-0.15, -0.1) is 0 Å². The second-order valence-electron chi connectivity index (χ2n) is 5.74. The van der Waals surface area contributed by atoms with E-state index in [1.807, 2.05) is 6.92 Å². The second kappa shape index (κ2) is 9.00. The van der Waals surface area contributed by atoms with Crippen LogP contribution in [0.1, 0.15) is 26.7 Å². The fourth-order valence-corrected chi connectivity index (χ4v) is 5.27. The van der Waals surface area contributed by atoms with Crippen LogP contribution >= 0.6 is 0 Å². The Balaban J connectivity index is 2.34. The SMILES string of the molecule is CCOCCCNS(=O)(=O)c1cc(N2C(=O)CCS2(=O)=O)ccc1OCC. The summed E-state index contributed by atoms with van der Waals surface area (Å²) in [4.78, 5) is 11.8. The summed E-state index contributed by atoms with van der Waals surface area (Å²) in [5.74, 6) is -0.800. The third kappa shape index (κ3) is 5.18. The van der Waals surface area contributed by atoms with E-state index in [2.05, 4.69) is 4.72 Å². The van der Waals surface area contributed by atoms with Crippen molar-refractivity contribution in [3.63, 3.8) is 0 Å². The van der Waals surface area contributed by atoms with Gasteiger partial charge in [-0.3, -0.25) is 4.79 Å². The maximum absolute atomic E-state index is 12.7. The van der Waals surface area contributed by atoms with Crippen LogP contribution in [0.5, 0.6) is 5.75 Å². The molecular weight excluding hydrogens is 396 g/mol. The van der Waals surface area contributed by atoms with Crippen LogP contribution in [0.25, 0.3) is 0 Å². The molecule has 1 aliphatic rings. The lowest BCUT2D eigenvalue weighted by molar-refractivity contribution is -0.116. The second-order valence-corrected chi connectivity index (χ2v) is 9.41. The summed E-state index contributed by atoms with van der Waals surface area (Å²) in [5, 5.41) is 0. The lowest BCUT2D eigenvalue weighted by Gasteiger charge is -2.18. The van der Waals surface area contributed by atoms with Gasteiger partial charge in [-0.2, -0.15) is 0 Å². The molecule has 0 radical (unpaired) electrons. The molecule has 11 heteroatoms. The average molecular weight is 421 g/mol. The Bertz CT molecular complexity index is 882. The van der Waals surface area contributed by atoms with Crippen LogP contribution in [-0.2, 0) is 29.6 Å². The van der Waals surface area contributed by atoms with Crippen molar-refractivity contribution in [2.24, 2.45) is 0 Å². The molecule has 1 aliphatic heterocycles. The molecule has 1 aromatic carbocycles. The highest BCUT2D eigenvalue weighted by Crippen LogP contribution is 2.32. The number of nitrogens with one attached hydrogen (secondary N) is 1. The van der Waals surface area contributed by atoms with Gasteiger partial charge in [0.25, 0.3) is 0 Å². The lowest BCUT2D eigenvalue weighted by Crippen LogP contribution is -2.30. The molecule has 1 aromatic rings. The third-order valence-corrected chi connectivity index (χ3v) is 6.96. The Labute approximate surface area is 159 Å². The monoisotopic (exact) mass is 420 g/mol. The third-order valence-electron chi connectivity index (χ3n) is 3.79. The Morgan fingerprint density at radius 3 is 2.56 bits per heavy atom. The van der Waals surface area contributed by atoms with Gasteiger partial charge in [0, 0.05) is 26.2 Å². The van der Waals surface area contributed by atoms with E-state index < -0.39 is 26.0 Å². The van der Waals surface area contributed by atoms with Crippen LogP contribution in [0.2, 0.25) is 0 Å². The van der Waals surface area contributed by atoms with Gasteiger partial charge in [0.2, 0.25) is 26.0 Å². The van der Waals surface area contributed by atoms with Crippen molar-refractivity contribution < 1.29 is 31.1 Å². The van der Waals surface area contributed by atoms with Gasteiger partial charge in [0.1, 0.15) is 10.6 Å². The van der Waals surface area contributed by atoms with E-state index in [9.17, 15) is 21.6 Å². The molecule has 0 spiro atoms. The largest absolute Gasteiger partial charge is 0.492 e. The van der Waals surface area contributed by atoms with Gasteiger partial charge in [0.15, 0.2) is 0 Å². The summed E-state index contributed by atoms with van der Waals surface area (Å²) in [5.41, 5.74) is -0.0179. The topological polar surface area (TPSA) is 119 Å². The molecule has 1 fully saturated rings. The van der Waals surface area contributed by atoms with E-state index in [4.69, 9.17) is 9.47 Å². The van der Waals surface area contributed by atoms with Crippen molar-refractivity contribution in [1.82, 2.24) is 4.72 Å².